The number of benzene rings is 6. The molecule has 1 fully saturated rings. The number of anilines is 2. The van der Waals surface area contributed by atoms with E-state index in [0.29, 0.717) is 22.7 Å². The van der Waals surface area contributed by atoms with Crippen LogP contribution < -0.4 is 24.6 Å². The summed E-state index contributed by atoms with van der Waals surface area (Å²) in [5, 5.41) is 4.66. The summed E-state index contributed by atoms with van der Waals surface area (Å²) in [4.78, 5) is 45.5. The number of ether oxygens (including phenoxy) is 2. The van der Waals surface area contributed by atoms with Crippen LogP contribution in [-0.4, -0.2) is 38.0 Å². The number of urea groups is 1. The van der Waals surface area contributed by atoms with Crippen LogP contribution in [0, 0.1) is 6.92 Å². The van der Waals surface area contributed by atoms with Crippen LogP contribution >= 0.6 is 0 Å². The number of hydrogen-bond donors (Lipinski definition) is 1. The summed E-state index contributed by atoms with van der Waals surface area (Å²) in [6, 6.07) is 41.6. The van der Waals surface area contributed by atoms with E-state index in [1.165, 1.54) is 22.9 Å². The number of carbonyl (C=O) groups is 3. The Hall–Kier alpha value is -6.67. The molecule has 1 N–H and O–H groups in total. The lowest BCUT2D eigenvalue weighted by atomic mass is 9.76. The molecule has 2 atom stereocenters. The number of nitrogens with one attached hydrogen (secondary N) is 1. The molecule has 0 unspecified atom stereocenters. The Morgan fingerprint density at radius 2 is 1.39 bits per heavy atom. The number of aryl methyl sites for hydroxylation is 1. The van der Waals surface area contributed by atoms with Gasteiger partial charge in [0.15, 0.2) is 0 Å². The van der Waals surface area contributed by atoms with Crippen LogP contribution in [0.2, 0.25) is 0 Å². The Kier molecular flexibility index (Phi) is 9.09. The summed E-state index contributed by atoms with van der Waals surface area (Å²) < 4.78 is 12.0. The van der Waals surface area contributed by atoms with Crippen LogP contribution in [0.5, 0.6) is 11.5 Å². The second-order valence-corrected chi connectivity index (χ2v) is 14.7. The smallest absolute Gasteiger partial charge is 0.335 e. The molecule has 3 aliphatic heterocycles. The molecule has 278 valence electrons. The number of imide groups is 2. The van der Waals surface area contributed by atoms with E-state index in [2.05, 4.69) is 83.0 Å². The Balaban J connectivity index is 1.13. The maximum absolute atomic E-state index is 14.6. The van der Waals surface area contributed by atoms with Crippen molar-refractivity contribution in [1.29, 1.82) is 0 Å². The van der Waals surface area contributed by atoms with Gasteiger partial charge in [-0.2, -0.15) is 0 Å². The molecule has 56 heavy (non-hydrogen) atoms. The molecule has 6 aromatic carbocycles. The third-order valence-electron chi connectivity index (χ3n) is 11.5. The van der Waals surface area contributed by atoms with Crippen LogP contribution in [0.1, 0.15) is 63.6 Å². The maximum Gasteiger partial charge on any atom is 0.335 e. The Morgan fingerprint density at radius 3 is 2.05 bits per heavy atom. The number of barbiturate groups is 1. The van der Waals surface area contributed by atoms with Crippen LogP contribution in [0.3, 0.4) is 0 Å². The maximum atomic E-state index is 14.6. The number of rotatable bonds is 8. The molecular weight excluding hydrogens is 699 g/mol. The molecule has 8 heteroatoms. The minimum Gasteiger partial charge on any atom is -0.497 e. The van der Waals surface area contributed by atoms with E-state index in [9.17, 15) is 14.4 Å². The summed E-state index contributed by atoms with van der Waals surface area (Å²) in [5.74, 6) is -0.334. The molecule has 3 heterocycles. The van der Waals surface area contributed by atoms with Gasteiger partial charge >= 0.3 is 6.03 Å². The Labute approximate surface area is 326 Å². The number of methoxy groups -OCH3 is 1. The van der Waals surface area contributed by atoms with Gasteiger partial charge < -0.3 is 14.4 Å². The summed E-state index contributed by atoms with van der Waals surface area (Å²) in [5.41, 5.74) is 8.57. The fourth-order valence-corrected chi connectivity index (χ4v) is 8.69. The van der Waals surface area contributed by atoms with Crippen molar-refractivity contribution in [3.8, 4) is 11.5 Å². The van der Waals surface area contributed by atoms with E-state index in [4.69, 9.17) is 9.47 Å². The molecule has 0 bridgehead atoms. The van der Waals surface area contributed by atoms with Crippen LogP contribution in [-0.2, 0) is 16.2 Å². The molecule has 8 nitrogen and oxygen atoms in total. The van der Waals surface area contributed by atoms with Crippen molar-refractivity contribution in [1.82, 2.24) is 5.32 Å². The predicted octanol–water partition coefficient (Wildman–Crippen LogP) is 9.28. The lowest BCUT2D eigenvalue weighted by Gasteiger charge is -2.44. The van der Waals surface area contributed by atoms with Crippen molar-refractivity contribution < 1.29 is 23.9 Å². The highest BCUT2D eigenvalue weighted by Crippen LogP contribution is 2.50. The molecule has 3 aliphatic rings. The fraction of sp³-hybridized carbons (Fsp3) is 0.188. The van der Waals surface area contributed by atoms with Gasteiger partial charge in [0, 0.05) is 47.8 Å². The Bertz CT molecular complexity index is 2480. The van der Waals surface area contributed by atoms with Crippen LogP contribution in [0.15, 0.2) is 133 Å². The van der Waals surface area contributed by atoms with E-state index in [1.54, 1.807) is 25.3 Å². The van der Waals surface area contributed by atoms with Crippen molar-refractivity contribution >= 4 is 46.1 Å². The second kappa shape index (κ2) is 14.5. The quantitative estimate of drug-likeness (QED) is 0.124. The average Bonchev–Trinajstić information content (AvgIpc) is 3.23. The summed E-state index contributed by atoms with van der Waals surface area (Å²) in [6.07, 6.45) is 3.31. The van der Waals surface area contributed by atoms with Gasteiger partial charge in [-0.1, -0.05) is 97.1 Å². The molecule has 4 amide bonds. The van der Waals surface area contributed by atoms with E-state index in [-0.39, 0.29) is 24.0 Å². The third-order valence-corrected chi connectivity index (χ3v) is 11.5. The predicted molar refractivity (Wildman–Crippen MR) is 219 cm³/mol. The third kappa shape index (κ3) is 6.27. The number of hydrogen-bond acceptors (Lipinski definition) is 6. The zero-order valence-corrected chi connectivity index (χ0v) is 31.3. The topological polar surface area (TPSA) is 88.2 Å². The summed E-state index contributed by atoms with van der Waals surface area (Å²) >= 11 is 0. The van der Waals surface area contributed by atoms with Crippen molar-refractivity contribution in [3.05, 3.63) is 172 Å². The number of nitrogens with zero attached hydrogens (tertiary/aromatic N) is 2. The normalized spacial score (nSPS) is 18.5. The van der Waals surface area contributed by atoms with Gasteiger partial charge in [0.2, 0.25) is 0 Å². The SMILES string of the molecule is COc1ccc(/C=C2\C(=O)NC(=O)N(c3cc4c5c(c3)[C@@H](c3ccccc3)CCN5CC[C@@H]4c3ccccc3)C2=O)c(OCc2c(C)ccc3ccccc23)c1. The average molecular weight is 740 g/mol. The van der Waals surface area contributed by atoms with Gasteiger partial charge in [-0.15, -0.1) is 0 Å². The standard InChI is InChI=1S/C48H41N3O5/c1-30-17-18-33-15-9-10-16-37(33)43(30)29-56-44-28-36(55-2)20-19-34(44)25-42-46(52)49-48(54)51(47(42)53)35-26-40-38(31-11-5-3-6-12-31)21-23-50-24-22-39(41(27-35)45(40)50)32-13-7-4-8-14-32/h3-20,25-28,38-39H,21-24,29H2,1-2H3,(H,49,52,54)/b42-25+/t38-,39-/m1/s1. The van der Waals surface area contributed by atoms with Crippen molar-refractivity contribution in [3.63, 3.8) is 0 Å². The molecule has 6 aromatic rings. The monoisotopic (exact) mass is 739 g/mol. The van der Waals surface area contributed by atoms with Crippen molar-refractivity contribution in [2.45, 2.75) is 38.2 Å². The molecule has 0 saturated carbocycles. The molecule has 0 aromatic heterocycles. The molecular formula is C48H41N3O5. The minimum atomic E-state index is -0.780. The second-order valence-electron chi connectivity index (χ2n) is 14.7. The largest absolute Gasteiger partial charge is 0.497 e. The zero-order valence-electron chi connectivity index (χ0n) is 31.3. The van der Waals surface area contributed by atoms with E-state index < -0.39 is 17.8 Å². The van der Waals surface area contributed by atoms with Gasteiger partial charge in [0.05, 0.1) is 12.8 Å². The Morgan fingerprint density at radius 1 is 0.750 bits per heavy atom. The first-order valence-corrected chi connectivity index (χ1v) is 19.1. The summed E-state index contributed by atoms with van der Waals surface area (Å²) in [6.45, 7) is 4.13. The number of fused-ring (bicyclic) bond motifs is 1. The van der Waals surface area contributed by atoms with Gasteiger partial charge in [-0.3, -0.25) is 14.9 Å². The first-order chi connectivity index (χ1) is 27.4. The number of amides is 4. The van der Waals surface area contributed by atoms with Gasteiger partial charge in [-0.25, -0.2) is 9.69 Å². The molecule has 1 saturated heterocycles. The van der Waals surface area contributed by atoms with Gasteiger partial charge in [-0.05, 0) is 88.7 Å². The lowest BCUT2D eigenvalue weighted by molar-refractivity contribution is -0.122. The van der Waals surface area contributed by atoms with Gasteiger partial charge in [0.1, 0.15) is 23.7 Å². The fourth-order valence-electron chi connectivity index (χ4n) is 8.69. The highest BCUT2D eigenvalue weighted by Gasteiger charge is 2.40. The van der Waals surface area contributed by atoms with Crippen LogP contribution in [0.25, 0.3) is 16.8 Å². The minimum absolute atomic E-state index is 0.0691. The molecule has 9 rings (SSSR count). The van der Waals surface area contributed by atoms with Crippen molar-refractivity contribution in [2.75, 3.05) is 30.0 Å². The van der Waals surface area contributed by atoms with Crippen LogP contribution in [0.4, 0.5) is 16.2 Å². The summed E-state index contributed by atoms with van der Waals surface area (Å²) in [7, 11) is 1.57. The first-order valence-electron chi connectivity index (χ1n) is 19.1. The highest BCUT2D eigenvalue weighted by molar-refractivity contribution is 6.39. The number of carbonyl (C=O) groups excluding carboxylic acids is 3. The van der Waals surface area contributed by atoms with E-state index in [0.717, 1.165) is 63.9 Å². The molecule has 0 radical (unpaired) electrons. The molecule has 0 aliphatic carbocycles. The highest BCUT2D eigenvalue weighted by atomic mass is 16.5. The van der Waals surface area contributed by atoms with Gasteiger partial charge in [0.25, 0.3) is 11.8 Å². The zero-order chi connectivity index (χ0) is 38.3. The molecule has 0 spiro atoms. The van der Waals surface area contributed by atoms with Crippen molar-refractivity contribution in [2.24, 2.45) is 0 Å². The lowest BCUT2D eigenvalue weighted by Crippen LogP contribution is -2.54. The first kappa shape index (κ1) is 35.1. The van der Waals surface area contributed by atoms with E-state index in [1.807, 2.05) is 43.3 Å². The van der Waals surface area contributed by atoms with E-state index >= 15 is 0 Å².